The van der Waals surface area contributed by atoms with Crippen LogP contribution in [0.4, 0.5) is 0 Å². The van der Waals surface area contributed by atoms with Gasteiger partial charge in [0, 0.05) is 11.6 Å². The molecule has 0 saturated heterocycles. The molecule has 5 nitrogen and oxygen atoms in total. The van der Waals surface area contributed by atoms with Crippen molar-refractivity contribution < 1.29 is 14.4 Å². The van der Waals surface area contributed by atoms with Gasteiger partial charge in [-0.3, -0.25) is 0 Å². The van der Waals surface area contributed by atoms with Gasteiger partial charge in [-0.25, -0.2) is 4.79 Å². The van der Waals surface area contributed by atoms with E-state index < -0.39 is 5.97 Å². The summed E-state index contributed by atoms with van der Waals surface area (Å²) < 4.78 is 5.11. The molecule has 0 aliphatic rings. The normalized spacial score (nSPS) is 12.3. The number of halogens is 1. The van der Waals surface area contributed by atoms with E-state index in [-0.39, 0.29) is 11.6 Å². The third kappa shape index (κ3) is 3.18. The summed E-state index contributed by atoms with van der Waals surface area (Å²) in [7, 11) is 0. The molecule has 0 radical (unpaired) electrons. The minimum Gasteiger partial charge on any atom is -0.477 e. The number of aryl methyl sites for hydroxylation is 1. The number of hydrogen-bond donors (Lipinski definition) is 2. The Morgan fingerprint density at radius 2 is 2.30 bits per heavy atom. The molecule has 106 valence electrons. The van der Waals surface area contributed by atoms with Crippen LogP contribution in [0.1, 0.15) is 40.3 Å². The molecule has 2 rings (SSSR count). The molecule has 1 aromatic heterocycles. The summed E-state index contributed by atoms with van der Waals surface area (Å²) in [4.78, 5) is 11.2. The third-order valence-corrected chi connectivity index (χ3v) is 3.23. The number of aromatic carboxylic acids is 1. The average Bonchev–Trinajstić information content (AvgIpc) is 2.78. The molecule has 0 aliphatic carbocycles. The van der Waals surface area contributed by atoms with E-state index >= 15 is 0 Å². The maximum absolute atomic E-state index is 11.2. The van der Waals surface area contributed by atoms with Gasteiger partial charge in [0.05, 0.1) is 11.7 Å². The SMILES string of the molecule is Cc1noc(C(C)NCc2cccc(Cl)c2)c1C(=O)O. The first-order valence-electron chi connectivity index (χ1n) is 6.16. The minimum atomic E-state index is -1.03. The molecule has 1 aromatic carbocycles. The van der Waals surface area contributed by atoms with Crippen LogP contribution in [0.5, 0.6) is 0 Å². The molecule has 0 saturated carbocycles. The summed E-state index contributed by atoms with van der Waals surface area (Å²) in [6, 6.07) is 7.20. The van der Waals surface area contributed by atoms with E-state index in [1.807, 2.05) is 25.1 Å². The van der Waals surface area contributed by atoms with Crippen molar-refractivity contribution in [2.75, 3.05) is 0 Å². The zero-order chi connectivity index (χ0) is 14.7. The number of rotatable bonds is 5. The number of nitrogens with one attached hydrogen (secondary N) is 1. The van der Waals surface area contributed by atoms with E-state index in [1.54, 1.807) is 13.0 Å². The van der Waals surface area contributed by atoms with E-state index in [2.05, 4.69) is 10.5 Å². The van der Waals surface area contributed by atoms with E-state index in [0.29, 0.717) is 23.0 Å². The molecule has 0 amide bonds. The molecule has 1 atom stereocenters. The smallest absolute Gasteiger partial charge is 0.341 e. The summed E-state index contributed by atoms with van der Waals surface area (Å²) in [5, 5.41) is 16.7. The summed E-state index contributed by atoms with van der Waals surface area (Å²) in [5.41, 5.74) is 1.51. The highest BCUT2D eigenvalue weighted by atomic mass is 35.5. The molecule has 0 aliphatic heterocycles. The minimum absolute atomic E-state index is 0.121. The number of carboxylic acid groups (broad SMARTS) is 1. The molecule has 2 N–H and O–H groups in total. The van der Waals surface area contributed by atoms with Crippen LogP contribution in [0.25, 0.3) is 0 Å². The highest BCUT2D eigenvalue weighted by Crippen LogP contribution is 2.21. The number of nitrogens with zero attached hydrogens (tertiary/aromatic N) is 1. The molecule has 2 aromatic rings. The van der Waals surface area contributed by atoms with Crippen molar-refractivity contribution in [2.45, 2.75) is 26.4 Å². The van der Waals surface area contributed by atoms with Crippen molar-refractivity contribution >= 4 is 17.6 Å². The molecular weight excluding hydrogens is 280 g/mol. The van der Waals surface area contributed by atoms with E-state index in [9.17, 15) is 4.79 Å². The van der Waals surface area contributed by atoms with Crippen LogP contribution >= 0.6 is 11.6 Å². The fourth-order valence-electron chi connectivity index (χ4n) is 1.95. The quantitative estimate of drug-likeness (QED) is 0.886. The summed E-state index contributed by atoms with van der Waals surface area (Å²) in [6.45, 7) is 4.00. The Morgan fingerprint density at radius 1 is 1.55 bits per heavy atom. The van der Waals surface area contributed by atoms with E-state index in [0.717, 1.165) is 5.56 Å². The summed E-state index contributed by atoms with van der Waals surface area (Å²) in [5.74, 6) is -0.702. The Hall–Kier alpha value is -1.85. The highest BCUT2D eigenvalue weighted by Gasteiger charge is 2.23. The number of hydrogen-bond acceptors (Lipinski definition) is 4. The van der Waals surface area contributed by atoms with Gasteiger partial charge in [-0.1, -0.05) is 28.9 Å². The Labute approximate surface area is 121 Å². The van der Waals surface area contributed by atoms with Crippen molar-refractivity contribution in [3.8, 4) is 0 Å². The van der Waals surface area contributed by atoms with Crippen molar-refractivity contribution in [3.05, 3.63) is 51.9 Å². The van der Waals surface area contributed by atoms with Crippen LogP contribution in [-0.4, -0.2) is 16.2 Å². The number of carboxylic acids is 1. The first-order valence-corrected chi connectivity index (χ1v) is 6.54. The maximum atomic E-state index is 11.2. The van der Waals surface area contributed by atoms with Gasteiger partial charge in [0.1, 0.15) is 5.56 Å². The van der Waals surface area contributed by atoms with Crippen molar-refractivity contribution in [2.24, 2.45) is 0 Å². The van der Waals surface area contributed by atoms with Crippen LogP contribution in [-0.2, 0) is 6.54 Å². The Balaban J connectivity index is 2.09. The number of carbonyl (C=O) groups is 1. The topological polar surface area (TPSA) is 75.4 Å². The average molecular weight is 295 g/mol. The number of benzene rings is 1. The predicted octanol–water partition coefficient (Wildman–Crippen LogP) is 3.19. The largest absolute Gasteiger partial charge is 0.477 e. The van der Waals surface area contributed by atoms with E-state index in [1.165, 1.54) is 0 Å². The second-order valence-corrected chi connectivity index (χ2v) is 4.98. The van der Waals surface area contributed by atoms with Gasteiger partial charge in [0.15, 0.2) is 5.76 Å². The van der Waals surface area contributed by atoms with Crippen LogP contribution in [0.2, 0.25) is 5.02 Å². The molecule has 0 spiro atoms. The van der Waals surface area contributed by atoms with Gasteiger partial charge in [-0.2, -0.15) is 0 Å². The molecule has 1 heterocycles. The predicted molar refractivity (Wildman–Crippen MR) is 74.9 cm³/mol. The van der Waals surface area contributed by atoms with Gasteiger partial charge in [0.2, 0.25) is 0 Å². The molecular formula is C14H15ClN2O3. The third-order valence-electron chi connectivity index (χ3n) is 3.00. The zero-order valence-corrected chi connectivity index (χ0v) is 11.9. The maximum Gasteiger partial charge on any atom is 0.341 e. The number of aromatic nitrogens is 1. The fraction of sp³-hybridized carbons (Fsp3) is 0.286. The lowest BCUT2D eigenvalue weighted by molar-refractivity contribution is 0.0692. The monoisotopic (exact) mass is 294 g/mol. The van der Waals surface area contributed by atoms with Crippen LogP contribution in [0, 0.1) is 6.92 Å². The summed E-state index contributed by atoms with van der Waals surface area (Å²) >= 11 is 5.91. The molecule has 6 heteroatoms. The fourth-order valence-corrected chi connectivity index (χ4v) is 2.17. The van der Waals surface area contributed by atoms with Crippen LogP contribution < -0.4 is 5.32 Å². The van der Waals surface area contributed by atoms with Crippen LogP contribution in [0.15, 0.2) is 28.8 Å². The van der Waals surface area contributed by atoms with Crippen LogP contribution in [0.3, 0.4) is 0 Å². The van der Waals surface area contributed by atoms with Gasteiger partial charge < -0.3 is 14.9 Å². The molecule has 0 fully saturated rings. The second-order valence-electron chi connectivity index (χ2n) is 4.54. The van der Waals surface area contributed by atoms with Crippen molar-refractivity contribution in [1.29, 1.82) is 0 Å². The van der Waals surface area contributed by atoms with Gasteiger partial charge in [-0.05, 0) is 31.5 Å². The van der Waals surface area contributed by atoms with Gasteiger partial charge >= 0.3 is 5.97 Å². The standard InChI is InChI=1S/C14H15ClN2O3/c1-8-12(14(18)19)13(20-17-8)9(2)16-7-10-4-3-5-11(15)6-10/h3-6,9,16H,7H2,1-2H3,(H,18,19). The molecule has 0 bridgehead atoms. The lowest BCUT2D eigenvalue weighted by Crippen LogP contribution is -2.19. The van der Waals surface area contributed by atoms with Gasteiger partial charge in [-0.15, -0.1) is 0 Å². The molecule has 20 heavy (non-hydrogen) atoms. The zero-order valence-electron chi connectivity index (χ0n) is 11.2. The van der Waals surface area contributed by atoms with E-state index in [4.69, 9.17) is 21.2 Å². The first-order chi connectivity index (χ1) is 9.49. The lowest BCUT2D eigenvalue weighted by Gasteiger charge is -2.11. The molecule has 1 unspecified atom stereocenters. The van der Waals surface area contributed by atoms with Gasteiger partial charge in [0.25, 0.3) is 0 Å². The van der Waals surface area contributed by atoms with Crippen molar-refractivity contribution in [1.82, 2.24) is 10.5 Å². The Bertz CT molecular complexity index is 625. The second kappa shape index (κ2) is 6.07. The van der Waals surface area contributed by atoms with Crippen molar-refractivity contribution in [3.63, 3.8) is 0 Å². The first kappa shape index (κ1) is 14.6. The highest BCUT2D eigenvalue weighted by molar-refractivity contribution is 6.30. The Kier molecular flexibility index (Phi) is 4.42. The Morgan fingerprint density at radius 3 is 2.95 bits per heavy atom. The lowest BCUT2D eigenvalue weighted by atomic mass is 10.1. The summed E-state index contributed by atoms with van der Waals surface area (Å²) in [6.07, 6.45) is 0.